The van der Waals surface area contributed by atoms with Crippen molar-refractivity contribution in [3.8, 4) is 27.7 Å². The third kappa shape index (κ3) is 3.04. The molecule has 0 atom stereocenters. The first kappa shape index (κ1) is 16.8. The minimum atomic E-state index is -1.08. The molecule has 0 fully saturated rings. The first-order valence-electron chi connectivity index (χ1n) is 7.84. The van der Waals surface area contributed by atoms with Crippen LogP contribution in [0, 0.1) is 0 Å². The number of carboxylic acids is 1. The standard InChI is InChI=1S/C16H12N6O4S/c1-2-26-10-5-7(15-17-9(6-27-15)16(24)25)3-4-8(10)12-18-13-11(14(23)19-12)20-22-21-13/h3-6H,2H2,1H3,(H,24,25)(H2,18,19,20,21,22,23). The number of thiazole rings is 1. The van der Waals surface area contributed by atoms with E-state index in [1.165, 1.54) is 16.7 Å². The fraction of sp³-hybridized carbons (Fsp3) is 0.125. The van der Waals surface area contributed by atoms with E-state index >= 15 is 0 Å². The van der Waals surface area contributed by atoms with Crippen LogP contribution in [0.25, 0.3) is 33.1 Å². The Morgan fingerprint density at radius 2 is 2.15 bits per heavy atom. The lowest BCUT2D eigenvalue weighted by Crippen LogP contribution is -2.10. The molecular formula is C16H12N6O4S. The maximum atomic E-state index is 12.1. The quantitative estimate of drug-likeness (QED) is 0.473. The van der Waals surface area contributed by atoms with Gasteiger partial charge in [0.05, 0.1) is 12.2 Å². The molecule has 4 aromatic rings. The second-order valence-corrected chi connectivity index (χ2v) is 6.26. The summed E-state index contributed by atoms with van der Waals surface area (Å²) < 4.78 is 5.70. The average Bonchev–Trinajstić information content (AvgIpc) is 3.31. The van der Waals surface area contributed by atoms with E-state index in [1.807, 2.05) is 6.92 Å². The lowest BCUT2D eigenvalue weighted by Gasteiger charge is -2.11. The van der Waals surface area contributed by atoms with E-state index in [4.69, 9.17) is 9.84 Å². The van der Waals surface area contributed by atoms with Crippen LogP contribution in [0.3, 0.4) is 0 Å². The first-order chi connectivity index (χ1) is 13.1. The van der Waals surface area contributed by atoms with Crippen LogP contribution in [-0.4, -0.2) is 48.0 Å². The highest BCUT2D eigenvalue weighted by Gasteiger charge is 2.16. The number of hydrogen-bond donors (Lipinski definition) is 3. The van der Waals surface area contributed by atoms with Crippen LogP contribution in [0.4, 0.5) is 0 Å². The number of nitrogens with one attached hydrogen (secondary N) is 2. The minimum absolute atomic E-state index is 0.0143. The number of aromatic nitrogens is 6. The Bertz CT molecular complexity index is 1210. The number of fused-ring (bicyclic) bond motifs is 1. The van der Waals surface area contributed by atoms with Gasteiger partial charge >= 0.3 is 5.97 Å². The van der Waals surface area contributed by atoms with Crippen LogP contribution in [0.1, 0.15) is 17.4 Å². The monoisotopic (exact) mass is 384 g/mol. The van der Waals surface area contributed by atoms with Crippen molar-refractivity contribution in [2.45, 2.75) is 6.92 Å². The molecule has 11 heteroatoms. The van der Waals surface area contributed by atoms with E-state index in [0.717, 1.165) is 0 Å². The SMILES string of the molecule is CCOc1cc(-c2nc(C(=O)O)cs2)ccc1-c1nc2n[nH]nc2c(=O)[nH]1. The molecule has 1 aromatic carbocycles. The van der Waals surface area contributed by atoms with Crippen LogP contribution in [0.2, 0.25) is 0 Å². The highest BCUT2D eigenvalue weighted by atomic mass is 32.1. The Hall–Kier alpha value is -3.60. The minimum Gasteiger partial charge on any atom is -0.493 e. The summed E-state index contributed by atoms with van der Waals surface area (Å²) in [4.78, 5) is 34.2. The number of aromatic amines is 2. The first-order valence-corrected chi connectivity index (χ1v) is 8.72. The summed E-state index contributed by atoms with van der Waals surface area (Å²) in [6.45, 7) is 2.23. The molecule has 0 unspecified atom stereocenters. The summed E-state index contributed by atoms with van der Waals surface area (Å²) >= 11 is 1.22. The van der Waals surface area contributed by atoms with Crippen molar-refractivity contribution < 1.29 is 14.6 Å². The van der Waals surface area contributed by atoms with Gasteiger partial charge in [-0.05, 0) is 19.1 Å². The van der Waals surface area contributed by atoms with Gasteiger partial charge in [-0.2, -0.15) is 5.21 Å². The fourth-order valence-corrected chi connectivity index (χ4v) is 3.31. The number of carboxylic acid groups (broad SMARTS) is 1. The normalized spacial score (nSPS) is 11.0. The van der Waals surface area contributed by atoms with Gasteiger partial charge in [0.15, 0.2) is 11.2 Å². The molecule has 3 aromatic heterocycles. The number of hydrogen-bond acceptors (Lipinski definition) is 8. The number of carbonyl (C=O) groups is 1. The second-order valence-electron chi connectivity index (χ2n) is 5.40. The summed E-state index contributed by atoms with van der Waals surface area (Å²) in [6, 6.07) is 5.22. The van der Waals surface area contributed by atoms with Gasteiger partial charge in [0.25, 0.3) is 5.56 Å². The Morgan fingerprint density at radius 3 is 2.89 bits per heavy atom. The van der Waals surface area contributed by atoms with E-state index in [1.54, 1.807) is 18.2 Å². The average molecular weight is 384 g/mol. The van der Waals surface area contributed by atoms with Crippen LogP contribution < -0.4 is 10.3 Å². The number of rotatable bonds is 5. The van der Waals surface area contributed by atoms with Gasteiger partial charge in [0.1, 0.15) is 16.6 Å². The lowest BCUT2D eigenvalue weighted by atomic mass is 10.1. The van der Waals surface area contributed by atoms with Gasteiger partial charge in [-0.15, -0.1) is 21.5 Å². The highest BCUT2D eigenvalue weighted by molar-refractivity contribution is 7.13. The van der Waals surface area contributed by atoms with Gasteiger partial charge in [-0.25, -0.2) is 14.8 Å². The van der Waals surface area contributed by atoms with Crippen molar-refractivity contribution in [2.24, 2.45) is 0 Å². The zero-order chi connectivity index (χ0) is 19.0. The summed E-state index contributed by atoms with van der Waals surface area (Å²) in [5, 5.41) is 21.0. The van der Waals surface area contributed by atoms with Gasteiger partial charge < -0.3 is 14.8 Å². The van der Waals surface area contributed by atoms with Gasteiger partial charge in [0, 0.05) is 10.9 Å². The summed E-state index contributed by atoms with van der Waals surface area (Å²) in [5.74, 6) is -0.309. The van der Waals surface area contributed by atoms with E-state index in [2.05, 4.69) is 30.4 Å². The van der Waals surface area contributed by atoms with Crippen molar-refractivity contribution in [3.05, 3.63) is 39.6 Å². The number of benzene rings is 1. The molecule has 0 spiro atoms. The molecule has 0 aliphatic carbocycles. The summed E-state index contributed by atoms with van der Waals surface area (Å²) in [6.07, 6.45) is 0. The number of aromatic carboxylic acids is 1. The van der Waals surface area contributed by atoms with Crippen LogP contribution in [0.15, 0.2) is 28.4 Å². The maximum absolute atomic E-state index is 12.1. The number of ether oxygens (including phenoxy) is 1. The van der Waals surface area contributed by atoms with E-state index in [9.17, 15) is 9.59 Å². The largest absolute Gasteiger partial charge is 0.493 e. The Kier molecular flexibility index (Phi) is 4.12. The molecule has 0 bridgehead atoms. The zero-order valence-electron chi connectivity index (χ0n) is 13.9. The van der Waals surface area contributed by atoms with Crippen molar-refractivity contribution in [3.63, 3.8) is 0 Å². The molecule has 0 aliphatic heterocycles. The topological polar surface area (TPSA) is 147 Å². The molecule has 3 N–H and O–H groups in total. The van der Waals surface area contributed by atoms with Crippen molar-refractivity contribution >= 4 is 28.5 Å². The van der Waals surface area contributed by atoms with E-state index in [0.29, 0.717) is 34.3 Å². The molecule has 4 rings (SSSR count). The molecule has 0 aliphatic rings. The van der Waals surface area contributed by atoms with Gasteiger partial charge in [-0.3, -0.25) is 4.79 Å². The predicted molar refractivity (Wildman–Crippen MR) is 97.0 cm³/mol. The van der Waals surface area contributed by atoms with Crippen molar-refractivity contribution in [1.82, 2.24) is 30.4 Å². The van der Waals surface area contributed by atoms with Crippen LogP contribution in [0.5, 0.6) is 5.75 Å². The second kappa shape index (κ2) is 6.61. The lowest BCUT2D eigenvalue weighted by molar-refractivity contribution is 0.0691. The predicted octanol–water partition coefficient (Wildman–Crippen LogP) is 1.93. The molecule has 0 amide bonds. The van der Waals surface area contributed by atoms with E-state index < -0.39 is 11.5 Å². The number of nitrogens with zero attached hydrogens (tertiary/aromatic N) is 4. The highest BCUT2D eigenvalue weighted by Crippen LogP contribution is 2.34. The molecule has 0 saturated carbocycles. The fourth-order valence-electron chi connectivity index (χ4n) is 2.51. The van der Waals surface area contributed by atoms with Crippen LogP contribution in [-0.2, 0) is 0 Å². The van der Waals surface area contributed by atoms with Gasteiger partial charge in [-0.1, -0.05) is 6.07 Å². The van der Waals surface area contributed by atoms with Crippen molar-refractivity contribution in [1.29, 1.82) is 0 Å². The molecule has 3 heterocycles. The Balaban J connectivity index is 1.82. The molecule has 27 heavy (non-hydrogen) atoms. The van der Waals surface area contributed by atoms with Crippen molar-refractivity contribution in [2.75, 3.05) is 6.61 Å². The summed E-state index contributed by atoms with van der Waals surface area (Å²) in [5.41, 5.74) is 1.16. The van der Waals surface area contributed by atoms with E-state index in [-0.39, 0.29) is 16.9 Å². The maximum Gasteiger partial charge on any atom is 0.355 e. The third-order valence-electron chi connectivity index (χ3n) is 3.70. The summed E-state index contributed by atoms with van der Waals surface area (Å²) in [7, 11) is 0. The molecular weight excluding hydrogens is 372 g/mol. The smallest absolute Gasteiger partial charge is 0.355 e. The molecule has 10 nitrogen and oxygen atoms in total. The number of H-pyrrole nitrogens is 2. The molecule has 136 valence electrons. The Morgan fingerprint density at radius 1 is 1.30 bits per heavy atom. The van der Waals surface area contributed by atoms with Gasteiger partial charge in [0.2, 0.25) is 5.65 Å². The zero-order valence-corrected chi connectivity index (χ0v) is 14.7. The third-order valence-corrected chi connectivity index (χ3v) is 4.59. The molecule has 0 saturated heterocycles. The Labute approximate surface area is 154 Å². The van der Waals surface area contributed by atoms with Crippen LogP contribution >= 0.6 is 11.3 Å². The molecule has 0 radical (unpaired) electrons.